The van der Waals surface area contributed by atoms with Crippen molar-refractivity contribution in [1.82, 2.24) is 9.97 Å². The smallest absolute Gasteiger partial charge is 0.337 e. The van der Waals surface area contributed by atoms with E-state index >= 15 is 0 Å². The molecular formula is C19H17N3O5. The zero-order valence-corrected chi connectivity index (χ0v) is 15.0. The molecule has 8 heteroatoms. The van der Waals surface area contributed by atoms with Crippen LogP contribution < -0.4 is 10.1 Å². The first-order chi connectivity index (χ1) is 13.0. The minimum Gasteiger partial charge on any atom is -0.497 e. The Balaban J connectivity index is 2.08. The van der Waals surface area contributed by atoms with E-state index in [4.69, 9.17) is 14.2 Å². The third-order valence-corrected chi connectivity index (χ3v) is 3.88. The van der Waals surface area contributed by atoms with Crippen LogP contribution in [0.1, 0.15) is 20.7 Å². The highest BCUT2D eigenvalue weighted by Crippen LogP contribution is 2.27. The summed E-state index contributed by atoms with van der Waals surface area (Å²) in [7, 11) is 4.11. The summed E-state index contributed by atoms with van der Waals surface area (Å²) in [5.41, 5.74) is 1.60. The Morgan fingerprint density at radius 3 is 2.15 bits per heavy atom. The lowest BCUT2D eigenvalue weighted by Crippen LogP contribution is -2.08. The first-order valence-corrected chi connectivity index (χ1v) is 7.93. The molecule has 1 aromatic heterocycles. The van der Waals surface area contributed by atoms with E-state index in [1.807, 2.05) is 6.07 Å². The first-order valence-electron chi connectivity index (χ1n) is 7.93. The number of rotatable bonds is 5. The molecule has 3 aromatic rings. The van der Waals surface area contributed by atoms with Crippen molar-refractivity contribution < 1.29 is 23.8 Å². The quantitative estimate of drug-likeness (QED) is 0.687. The molecule has 1 heterocycles. The highest BCUT2D eigenvalue weighted by molar-refractivity contribution is 5.98. The maximum Gasteiger partial charge on any atom is 0.337 e. The van der Waals surface area contributed by atoms with Gasteiger partial charge < -0.3 is 19.5 Å². The summed E-state index contributed by atoms with van der Waals surface area (Å²) in [5, 5.41) is 3.84. The van der Waals surface area contributed by atoms with Gasteiger partial charge in [0, 0.05) is 11.1 Å². The van der Waals surface area contributed by atoms with E-state index in [1.165, 1.54) is 26.6 Å². The number of ether oxygens (including phenoxy) is 3. The van der Waals surface area contributed by atoms with Crippen molar-refractivity contribution in [1.29, 1.82) is 0 Å². The third kappa shape index (κ3) is 3.79. The van der Waals surface area contributed by atoms with E-state index < -0.39 is 11.9 Å². The first kappa shape index (κ1) is 18.1. The molecular weight excluding hydrogens is 350 g/mol. The number of methoxy groups -OCH3 is 3. The number of esters is 2. The van der Waals surface area contributed by atoms with Crippen LogP contribution in [0.3, 0.4) is 0 Å². The molecule has 8 nitrogen and oxygen atoms in total. The second kappa shape index (κ2) is 7.69. The SMILES string of the molecule is COC(=O)c1cc(Nc2ncnc3ccc(OC)cc23)cc(C(=O)OC)c1. The molecule has 0 aliphatic heterocycles. The lowest BCUT2D eigenvalue weighted by atomic mass is 10.1. The van der Waals surface area contributed by atoms with Crippen molar-refractivity contribution in [3.63, 3.8) is 0 Å². The van der Waals surface area contributed by atoms with Gasteiger partial charge in [0.15, 0.2) is 0 Å². The Hall–Kier alpha value is -3.68. The summed E-state index contributed by atoms with van der Waals surface area (Å²) in [4.78, 5) is 32.3. The van der Waals surface area contributed by atoms with E-state index in [0.29, 0.717) is 22.8 Å². The number of aromatic nitrogens is 2. The molecule has 0 amide bonds. The zero-order valence-electron chi connectivity index (χ0n) is 15.0. The predicted octanol–water partition coefficient (Wildman–Crippen LogP) is 2.96. The maximum atomic E-state index is 11.9. The van der Waals surface area contributed by atoms with E-state index in [9.17, 15) is 9.59 Å². The van der Waals surface area contributed by atoms with Crippen LogP contribution in [0.5, 0.6) is 5.75 Å². The number of fused-ring (bicyclic) bond motifs is 1. The monoisotopic (exact) mass is 367 g/mol. The summed E-state index contributed by atoms with van der Waals surface area (Å²) in [6, 6.07) is 9.93. The second-order valence-corrected chi connectivity index (χ2v) is 5.51. The molecule has 0 aliphatic carbocycles. The van der Waals surface area contributed by atoms with Crippen LogP contribution in [0, 0.1) is 0 Å². The van der Waals surface area contributed by atoms with Gasteiger partial charge in [-0.25, -0.2) is 19.6 Å². The number of carbonyl (C=O) groups is 2. The van der Waals surface area contributed by atoms with Crippen molar-refractivity contribution in [2.45, 2.75) is 0 Å². The lowest BCUT2D eigenvalue weighted by molar-refractivity contribution is 0.0599. The minimum atomic E-state index is -0.571. The van der Waals surface area contributed by atoms with E-state index in [2.05, 4.69) is 15.3 Å². The fraction of sp³-hybridized carbons (Fsp3) is 0.158. The molecule has 138 valence electrons. The molecule has 1 N–H and O–H groups in total. The van der Waals surface area contributed by atoms with Crippen molar-refractivity contribution in [3.8, 4) is 5.75 Å². The molecule has 0 unspecified atom stereocenters. The zero-order chi connectivity index (χ0) is 19.4. The highest BCUT2D eigenvalue weighted by atomic mass is 16.5. The van der Waals surface area contributed by atoms with Gasteiger partial charge in [-0.05, 0) is 36.4 Å². The van der Waals surface area contributed by atoms with E-state index in [1.54, 1.807) is 31.4 Å². The van der Waals surface area contributed by atoms with Crippen LogP contribution in [-0.4, -0.2) is 43.2 Å². The van der Waals surface area contributed by atoms with E-state index in [0.717, 1.165) is 5.39 Å². The molecule has 0 radical (unpaired) electrons. The lowest BCUT2D eigenvalue weighted by Gasteiger charge is -2.12. The van der Waals surface area contributed by atoms with Crippen molar-refractivity contribution >= 4 is 34.3 Å². The van der Waals surface area contributed by atoms with Gasteiger partial charge in [0.25, 0.3) is 0 Å². The van der Waals surface area contributed by atoms with Gasteiger partial charge in [0.2, 0.25) is 0 Å². The number of anilines is 2. The fourth-order valence-electron chi connectivity index (χ4n) is 2.57. The predicted molar refractivity (Wildman–Crippen MR) is 98.5 cm³/mol. The standard InChI is InChI=1S/C19H17N3O5/c1-25-14-4-5-16-15(9-14)17(21-10-20-16)22-13-7-11(18(23)26-2)6-12(8-13)19(24)27-3/h4-10H,1-3H3,(H,20,21,22). The summed E-state index contributed by atoms with van der Waals surface area (Å²) in [6.07, 6.45) is 1.42. The molecule has 3 rings (SSSR count). The van der Waals surface area contributed by atoms with Crippen molar-refractivity contribution in [3.05, 3.63) is 53.9 Å². The Bertz CT molecular complexity index is 985. The van der Waals surface area contributed by atoms with Crippen LogP contribution in [0.4, 0.5) is 11.5 Å². The number of hydrogen-bond acceptors (Lipinski definition) is 8. The minimum absolute atomic E-state index is 0.207. The average Bonchev–Trinajstić information content (AvgIpc) is 2.72. The number of carbonyl (C=O) groups excluding carboxylic acids is 2. The summed E-state index contributed by atoms with van der Waals surface area (Å²) >= 11 is 0. The molecule has 0 bridgehead atoms. The Morgan fingerprint density at radius 2 is 1.56 bits per heavy atom. The van der Waals surface area contributed by atoms with Gasteiger partial charge in [-0.15, -0.1) is 0 Å². The molecule has 0 atom stereocenters. The van der Waals surface area contributed by atoms with Crippen LogP contribution in [0.15, 0.2) is 42.7 Å². The average molecular weight is 367 g/mol. The largest absolute Gasteiger partial charge is 0.497 e. The van der Waals surface area contributed by atoms with Gasteiger partial charge >= 0.3 is 11.9 Å². The van der Waals surface area contributed by atoms with Crippen LogP contribution >= 0.6 is 0 Å². The van der Waals surface area contributed by atoms with Crippen LogP contribution in [-0.2, 0) is 9.47 Å². The molecule has 0 fully saturated rings. The Labute approximate surface area is 155 Å². The van der Waals surface area contributed by atoms with Crippen molar-refractivity contribution in [2.24, 2.45) is 0 Å². The normalized spacial score (nSPS) is 10.3. The number of nitrogens with zero attached hydrogens (tertiary/aromatic N) is 2. The van der Waals surface area contributed by atoms with Gasteiger partial charge in [0.05, 0.1) is 38.0 Å². The molecule has 0 aliphatic rings. The molecule has 0 spiro atoms. The molecule has 0 saturated heterocycles. The van der Waals surface area contributed by atoms with Gasteiger partial charge in [-0.2, -0.15) is 0 Å². The number of nitrogens with one attached hydrogen (secondary N) is 1. The fourth-order valence-corrected chi connectivity index (χ4v) is 2.57. The summed E-state index contributed by atoms with van der Waals surface area (Å²) in [6.45, 7) is 0. The van der Waals surface area contributed by atoms with Crippen LogP contribution in [0.25, 0.3) is 10.9 Å². The van der Waals surface area contributed by atoms with Gasteiger partial charge in [-0.1, -0.05) is 0 Å². The van der Waals surface area contributed by atoms with Gasteiger partial charge in [-0.3, -0.25) is 0 Å². The molecule has 2 aromatic carbocycles. The van der Waals surface area contributed by atoms with E-state index in [-0.39, 0.29) is 11.1 Å². The third-order valence-electron chi connectivity index (χ3n) is 3.88. The van der Waals surface area contributed by atoms with Crippen LogP contribution in [0.2, 0.25) is 0 Å². The summed E-state index contributed by atoms with van der Waals surface area (Å²) in [5.74, 6) is 0.00618. The number of hydrogen-bond donors (Lipinski definition) is 1. The highest BCUT2D eigenvalue weighted by Gasteiger charge is 2.15. The topological polar surface area (TPSA) is 99.6 Å². The number of benzene rings is 2. The van der Waals surface area contributed by atoms with Gasteiger partial charge in [0.1, 0.15) is 17.9 Å². The maximum absolute atomic E-state index is 11.9. The summed E-state index contributed by atoms with van der Waals surface area (Å²) < 4.78 is 14.8. The Morgan fingerprint density at radius 1 is 0.889 bits per heavy atom. The second-order valence-electron chi connectivity index (χ2n) is 5.51. The Kier molecular flexibility index (Phi) is 5.16. The van der Waals surface area contributed by atoms with Crippen molar-refractivity contribution in [2.75, 3.05) is 26.6 Å². The molecule has 27 heavy (non-hydrogen) atoms. The molecule has 0 saturated carbocycles.